The van der Waals surface area contributed by atoms with Gasteiger partial charge in [-0.05, 0) is 13.3 Å². The molecule has 1 saturated heterocycles. The monoisotopic (exact) mass is 252 g/mol. The maximum absolute atomic E-state index is 12.1. The van der Waals surface area contributed by atoms with Crippen molar-refractivity contribution in [2.45, 2.75) is 45.8 Å². The summed E-state index contributed by atoms with van der Waals surface area (Å²) in [5, 5.41) is 6.41. The molecule has 7 heteroatoms. The highest BCUT2D eigenvalue weighted by Gasteiger charge is 2.37. The summed E-state index contributed by atoms with van der Waals surface area (Å²) in [7, 11) is 0. The molecule has 1 aliphatic rings. The van der Waals surface area contributed by atoms with Crippen LogP contribution >= 0.6 is 0 Å². The Morgan fingerprint density at radius 2 is 2.17 bits per heavy atom. The van der Waals surface area contributed by atoms with Crippen LogP contribution in [0.15, 0.2) is 4.52 Å². The van der Waals surface area contributed by atoms with Crippen molar-refractivity contribution in [2.75, 3.05) is 0 Å². The Morgan fingerprint density at radius 1 is 1.44 bits per heavy atom. The van der Waals surface area contributed by atoms with Gasteiger partial charge in [0.2, 0.25) is 17.7 Å². The molecule has 0 aliphatic carbocycles. The smallest absolute Gasteiger partial charge is 0.245 e. The number of aromatic nitrogens is 2. The van der Waals surface area contributed by atoms with E-state index in [0.717, 1.165) is 0 Å². The number of hydrogen-bond acceptors (Lipinski definition) is 5. The molecular weight excluding hydrogens is 236 g/mol. The minimum absolute atomic E-state index is 0.121. The molecule has 98 valence electrons. The summed E-state index contributed by atoms with van der Waals surface area (Å²) in [6.07, 6.45) is 0.557. The minimum atomic E-state index is -0.506. The van der Waals surface area contributed by atoms with Crippen molar-refractivity contribution in [2.24, 2.45) is 0 Å². The van der Waals surface area contributed by atoms with E-state index in [1.165, 1.54) is 4.90 Å². The lowest BCUT2D eigenvalue weighted by Gasteiger charge is -2.36. The van der Waals surface area contributed by atoms with Crippen molar-refractivity contribution in [1.82, 2.24) is 20.4 Å². The number of carbonyl (C=O) groups excluding carboxylic acids is 2. The summed E-state index contributed by atoms with van der Waals surface area (Å²) >= 11 is 0. The summed E-state index contributed by atoms with van der Waals surface area (Å²) < 4.78 is 4.86. The zero-order valence-corrected chi connectivity index (χ0v) is 10.6. The Bertz CT molecular complexity index is 471. The number of hydrogen-bond donors (Lipinski definition) is 1. The summed E-state index contributed by atoms with van der Waals surface area (Å²) in [6, 6.07) is -0.971. The van der Waals surface area contributed by atoms with Crippen molar-refractivity contribution < 1.29 is 14.1 Å². The molecule has 18 heavy (non-hydrogen) atoms. The van der Waals surface area contributed by atoms with Crippen LogP contribution in [0.25, 0.3) is 0 Å². The quantitative estimate of drug-likeness (QED) is 0.818. The van der Waals surface area contributed by atoms with E-state index in [1.54, 1.807) is 13.8 Å². The molecule has 2 heterocycles. The standard InChI is InChI=1S/C11H16N4O3/c1-4-8-10(16)12-6(2)11(17)15(8)5-9-13-7(3)18-14-9/h6,8H,4-5H2,1-3H3,(H,12,16). The fraction of sp³-hybridized carbons (Fsp3) is 0.636. The van der Waals surface area contributed by atoms with Crippen molar-refractivity contribution in [3.63, 3.8) is 0 Å². The molecule has 1 aromatic rings. The van der Waals surface area contributed by atoms with E-state index in [2.05, 4.69) is 15.5 Å². The van der Waals surface area contributed by atoms with Gasteiger partial charge >= 0.3 is 0 Å². The average Bonchev–Trinajstić information content (AvgIpc) is 2.72. The van der Waals surface area contributed by atoms with E-state index in [0.29, 0.717) is 18.1 Å². The van der Waals surface area contributed by atoms with Gasteiger partial charge in [0, 0.05) is 6.92 Å². The molecule has 2 atom stereocenters. The van der Waals surface area contributed by atoms with Crippen molar-refractivity contribution in [3.8, 4) is 0 Å². The highest BCUT2D eigenvalue weighted by molar-refractivity contribution is 5.96. The fourth-order valence-corrected chi connectivity index (χ4v) is 2.07. The van der Waals surface area contributed by atoms with Crippen molar-refractivity contribution >= 4 is 11.8 Å². The molecule has 1 aliphatic heterocycles. The lowest BCUT2D eigenvalue weighted by Crippen LogP contribution is -2.61. The molecule has 0 saturated carbocycles. The van der Waals surface area contributed by atoms with Crippen LogP contribution in [-0.4, -0.2) is 38.9 Å². The van der Waals surface area contributed by atoms with E-state index in [-0.39, 0.29) is 18.4 Å². The first-order valence-electron chi connectivity index (χ1n) is 5.93. The Morgan fingerprint density at radius 3 is 2.72 bits per heavy atom. The number of piperazine rings is 1. The molecule has 0 radical (unpaired) electrons. The van der Waals surface area contributed by atoms with Crippen LogP contribution in [-0.2, 0) is 16.1 Å². The van der Waals surface area contributed by atoms with Gasteiger partial charge in [0.15, 0.2) is 5.82 Å². The SMILES string of the molecule is CCC1C(=O)NC(C)C(=O)N1Cc1noc(C)n1. The lowest BCUT2D eigenvalue weighted by molar-refractivity contribution is -0.149. The highest BCUT2D eigenvalue weighted by atomic mass is 16.5. The molecule has 2 rings (SSSR count). The van der Waals surface area contributed by atoms with Gasteiger partial charge in [-0.1, -0.05) is 12.1 Å². The zero-order chi connectivity index (χ0) is 13.3. The summed E-state index contributed by atoms with van der Waals surface area (Å²) in [5.41, 5.74) is 0. The lowest BCUT2D eigenvalue weighted by atomic mass is 10.1. The summed E-state index contributed by atoms with van der Waals surface area (Å²) in [4.78, 5) is 29.5. The van der Waals surface area contributed by atoms with Gasteiger partial charge in [-0.3, -0.25) is 9.59 Å². The first-order valence-corrected chi connectivity index (χ1v) is 5.93. The third kappa shape index (κ3) is 2.20. The van der Waals surface area contributed by atoms with Crippen LogP contribution < -0.4 is 5.32 Å². The number of rotatable bonds is 3. The number of nitrogens with one attached hydrogen (secondary N) is 1. The van der Waals surface area contributed by atoms with E-state index >= 15 is 0 Å². The molecular formula is C11H16N4O3. The average molecular weight is 252 g/mol. The van der Waals surface area contributed by atoms with Crippen LogP contribution in [0.4, 0.5) is 0 Å². The predicted molar refractivity (Wildman–Crippen MR) is 61.3 cm³/mol. The van der Waals surface area contributed by atoms with Gasteiger partial charge in [0.05, 0.1) is 6.54 Å². The maximum Gasteiger partial charge on any atom is 0.245 e. The largest absolute Gasteiger partial charge is 0.343 e. The Hall–Kier alpha value is -1.92. The second kappa shape index (κ2) is 4.75. The fourth-order valence-electron chi connectivity index (χ4n) is 2.07. The van der Waals surface area contributed by atoms with E-state index in [9.17, 15) is 9.59 Å². The molecule has 7 nitrogen and oxygen atoms in total. The molecule has 0 bridgehead atoms. The van der Waals surface area contributed by atoms with Crippen LogP contribution in [0, 0.1) is 6.92 Å². The molecule has 2 unspecified atom stereocenters. The Balaban J connectivity index is 2.20. The number of aryl methyl sites for hydroxylation is 1. The minimum Gasteiger partial charge on any atom is -0.343 e. The van der Waals surface area contributed by atoms with Gasteiger partial charge < -0.3 is 14.7 Å². The van der Waals surface area contributed by atoms with E-state index < -0.39 is 12.1 Å². The van der Waals surface area contributed by atoms with Gasteiger partial charge in [0.25, 0.3) is 0 Å². The van der Waals surface area contributed by atoms with Crippen LogP contribution in [0.1, 0.15) is 32.0 Å². The molecule has 1 fully saturated rings. The second-order valence-electron chi connectivity index (χ2n) is 4.35. The molecule has 0 spiro atoms. The zero-order valence-electron chi connectivity index (χ0n) is 10.6. The topological polar surface area (TPSA) is 88.3 Å². The molecule has 1 aromatic heterocycles. The number of carbonyl (C=O) groups is 2. The summed E-state index contributed by atoms with van der Waals surface area (Å²) in [6.45, 7) is 5.41. The second-order valence-corrected chi connectivity index (χ2v) is 4.35. The summed E-state index contributed by atoms with van der Waals surface area (Å²) in [5.74, 6) is 0.606. The highest BCUT2D eigenvalue weighted by Crippen LogP contribution is 2.15. The van der Waals surface area contributed by atoms with Crippen molar-refractivity contribution in [3.05, 3.63) is 11.7 Å². The Kier molecular flexibility index (Phi) is 3.31. The van der Waals surface area contributed by atoms with Crippen LogP contribution in [0.3, 0.4) is 0 Å². The van der Waals surface area contributed by atoms with Crippen LogP contribution in [0.5, 0.6) is 0 Å². The van der Waals surface area contributed by atoms with E-state index in [4.69, 9.17) is 4.52 Å². The molecule has 2 amide bonds. The number of nitrogens with zero attached hydrogens (tertiary/aromatic N) is 3. The first kappa shape index (κ1) is 12.5. The van der Waals surface area contributed by atoms with E-state index in [1.807, 2.05) is 6.92 Å². The van der Waals surface area contributed by atoms with Gasteiger partial charge in [-0.25, -0.2) is 0 Å². The Labute approximate surface area is 105 Å². The third-order valence-electron chi connectivity index (χ3n) is 2.96. The molecule has 1 N–H and O–H groups in total. The maximum atomic E-state index is 12.1. The van der Waals surface area contributed by atoms with Gasteiger partial charge in [0.1, 0.15) is 12.1 Å². The van der Waals surface area contributed by atoms with Crippen molar-refractivity contribution in [1.29, 1.82) is 0 Å². The first-order chi connectivity index (χ1) is 8.52. The number of amides is 2. The third-order valence-corrected chi connectivity index (χ3v) is 2.96. The predicted octanol–water partition coefficient (Wildman–Crippen LogP) is 0.00352. The normalized spacial score (nSPS) is 24.3. The van der Waals surface area contributed by atoms with Crippen LogP contribution in [0.2, 0.25) is 0 Å². The van der Waals surface area contributed by atoms with Gasteiger partial charge in [-0.15, -0.1) is 0 Å². The van der Waals surface area contributed by atoms with Gasteiger partial charge in [-0.2, -0.15) is 4.98 Å². The molecule has 0 aromatic carbocycles.